The van der Waals surface area contributed by atoms with Crippen LogP contribution in [0, 0.1) is 16.0 Å². The highest BCUT2D eigenvalue weighted by molar-refractivity contribution is 14.0. The number of nitrogens with zero attached hydrogens (tertiary/aromatic N) is 2. The second-order valence-electron chi connectivity index (χ2n) is 6.13. The lowest BCUT2D eigenvalue weighted by Gasteiger charge is -2.30. The van der Waals surface area contributed by atoms with Crippen molar-refractivity contribution in [2.45, 2.75) is 51.6 Å². The Balaban J connectivity index is 0.00000288. The number of non-ortho nitro benzene ring substituents is 1. The smallest absolute Gasteiger partial charge is 0.269 e. The fourth-order valence-electron chi connectivity index (χ4n) is 3.15. The van der Waals surface area contributed by atoms with Crippen LogP contribution in [0.25, 0.3) is 0 Å². The van der Waals surface area contributed by atoms with E-state index in [1.54, 1.807) is 19.2 Å². The van der Waals surface area contributed by atoms with E-state index < -0.39 is 0 Å². The average Bonchev–Trinajstić information content (AvgIpc) is 2.59. The number of benzene rings is 1. The van der Waals surface area contributed by atoms with Crippen molar-refractivity contribution in [3.63, 3.8) is 0 Å². The summed E-state index contributed by atoms with van der Waals surface area (Å²) >= 11 is 0. The maximum Gasteiger partial charge on any atom is 0.269 e. The second-order valence-corrected chi connectivity index (χ2v) is 6.13. The summed E-state index contributed by atoms with van der Waals surface area (Å²) in [5, 5.41) is 17.5. The van der Waals surface area contributed by atoms with E-state index in [-0.39, 0.29) is 34.6 Å². The molecule has 0 spiro atoms. The molecule has 1 aromatic rings. The Morgan fingerprint density at radius 1 is 1.42 bits per heavy atom. The van der Waals surface area contributed by atoms with Crippen LogP contribution in [0.5, 0.6) is 0 Å². The van der Waals surface area contributed by atoms with Crippen LogP contribution in [0.3, 0.4) is 0 Å². The molecule has 134 valence electrons. The zero-order valence-electron chi connectivity index (χ0n) is 14.3. The van der Waals surface area contributed by atoms with Crippen molar-refractivity contribution in [1.82, 2.24) is 10.6 Å². The minimum atomic E-state index is -0.372. The van der Waals surface area contributed by atoms with Crippen LogP contribution < -0.4 is 10.6 Å². The molecule has 0 bridgehead atoms. The second kappa shape index (κ2) is 10.5. The summed E-state index contributed by atoms with van der Waals surface area (Å²) in [6.07, 6.45) is 6.19. The molecule has 1 aromatic carbocycles. The first-order chi connectivity index (χ1) is 11.1. The van der Waals surface area contributed by atoms with E-state index in [0.29, 0.717) is 12.6 Å². The molecule has 1 fully saturated rings. The molecule has 7 heteroatoms. The van der Waals surface area contributed by atoms with Gasteiger partial charge in [-0.15, -0.1) is 24.0 Å². The molecule has 6 nitrogen and oxygen atoms in total. The number of hydrogen-bond donors (Lipinski definition) is 2. The maximum absolute atomic E-state index is 10.8. The lowest BCUT2D eigenvalue weighted by Crippen LogP contribution is -2.45. The third-order valence-corrected chi connectivity index (χ3v) is 4.51. The quantitative estimate of drug-likeness (QED) is 0.237. The van der Waals surface area contributed by atoms with Crippen molar-refractivity contribution in [1.29, 1.82) is 0 Å². The lowest BCUT2D eigenvalue weighted by molar-refractivity contribution is -0.384. The molecule has 2 N–H and O–H groups in total. The van der Waals surface area contributed by atoms with Crippen molar-refractivity contribution < 1.29 is 4.92 Å². The Labute approximate surface area is 160 Å². The molecule has 0 radical (unpaired) electrons. The number of nitro groups is 1. The summed E-state index contributed by atoms with van der Waals surface area (Å²) in [5.41, 5.74) is 0.988. The molecular weight excluding hydrogens is 419 g/mol. The maximum atomic E-state index is 10.8. The standard InChI is InChI=1S/C17H26N4O2.HI/c1-3-13-6-4-8-15(10-13)20-17(18-2)19-12-14-7-5-9-16(11-14)21(22)23;/h5,7,9,11,13,15H,3-4,6,8,10,12H2,1-2H3,(H2,18,19,20);1H. The van der Waals surface area contributed by atoms with Crippen molar-refractivity contribution in [2.75, 3.05) is 7.05 Å². The topological polar surface area (TPSA) is 79.6 Å². The molecule has 1 aliphatic carbocycles. The van der Waals surface area contributed by atoms with Gasteiger partial charge in [0.15, 0.2) is 5.96 Å². The number of aliphatic imine (C=N–C) groups is 1. The van der Waals surface area contributed by atoms with Crippen LogP contribution >= 0.6 is 24.0 Å². The minimum absolute atomic E-state index is 0. The molecule has 0 heterocycles. The molecule has 2 unspecified atom stereocenters. The SMILES string of the molecule is CCC1CCCC(NC(=NC)NCc2cccc([N+](=O)[O-])c2)C1.I. The molecular formula is C17H27IN4O2. The monoisotopic (exact) mass is 446 g/mol. The number of nitro benzene ring substituents is 1. The highest BCUT2D eigenvalue weighted by Gasteiger charge is 2.21. The zero-order chi connectivity index (χ0) is 16.7. The van der Waals surface area contributed by atoms with Crippen LogP contribution in [-0.2, 0) is 6.54 Å². The summed E-state index contributed by atoms with van der Waals surface area (Å²) in [6, 6.07) is 7.14. The molecule has 2 rings (SSSR count). The van der Waals surface area contributed by atoms with Crippen molar-refractivity contribution in [3.05, 3.63) is 39.9 Å². The Morgan fingerprint density at radius 2 is 2.21 bits per heavy atom. The van der Waals surface area contributed by atoms with Crippen LogP contribution in [0.1, 0.15) is 44.6 Å². The van der Waals surface area contributed by atoms with E-state index in [1.165, 1.54) is 38.2 Å². The van der Waals surface area contributed by atoms with Gasteiger partial charge in [0.25, 0.3) is 5.69 Å². The first-order valence-corrected chi connectivity index (χ1v) is 8.33. The Bertz CT molecular complexity index is 565. The molecule has 24 heavy (non-hydrogen) atoms. The molecule has 1 aliphatic rings. The summed E-state index contributed by atoms with van der Waals surface area (Å²) in [5.74, 6) is 1.56. The zero-order valence-corrected chi connectivity index (χ0v) is 16.7. The molecule has 0 aliphatic heterocycles. The largest absolute Gasteiger partial charge is 0.354 e. The lowest BCUT2D eigenvalue weighted by atomic mass is 9.84. The predicted octanol–water partition coefficient (Wildman–Crippen LogP) is 3.85. The fraction of sp³-hybridized carbons (Fsp3) is 0.588. The van der Waals surface area contributed by atoms with Gasteiger partial charge in [0.05, 0.1) is 4.92 Å². The highest BCUT2D eigenvalue weighted by atomic mass is 127. The average molecular weight is 446 g/mol. The van der Waals surface area contributed by atoms with Gasteiger partial charge in [-0.2, -0.15) is 0 Å². The van der Waals surface area contributed by atoms with Gasteiger partial charge in [0, 0.05) is 31.8 Å². The minimum Gasteiger partial charge on any atom is -0.354 e. The normalized spacial score (nSPS) is 20.8. The van der Waals surface area contributed by atoms with Gasteiger partial charge >= 0.3 is 0 Å². The molecule has 1 saturated carbocycles. The number of nitrogens with one attached hydrogen (secondary N) is 2. The molecule has 0 saturated heterocycles. The van der Waals surface area contributed by atoms with Crippen LogP contribution in [-0.4, -0.2) is 24.0 Å². The Morgan fingerprint density at radius 3 is 2.88 bits per heavy atom. The number of guanidine groups is 1. The molecule has 0 amide bonds. The summed E-state index contributed by atoms with van der Waals surface area (Å²) in [7, 11) is 1.75. The third kappa shape index (κ3) is 6.26. The third-order valence-electron chi connectivity index (χ3n) is 4.51. The van der Waals surface area contributed by atoms with Crippen molar-refractivity contribution in [3.8, 4) is 0 Å². The van der Waals surface area contributed by atoms with Gasteiger partial charge in [0.1, 0.15) is 0 Å². The van der Waals surface area contributed by atoms with E-state index in [2.05, 4.69) is 22.5 Å². The van der Waals surface area contributed by atoms with E-state index in [0.717, 1.165) is 17.4 Å². The molecule has 2 atom stereocenters. The van der Waals surface area contributed by atoms with Crippen LogP contribution in [0.2, 0.25) is 0 Å². The number of hydrogen-bond acceptors (Lipinski definition) is 3. The van der Waals surface area contributed by atoms with Crippen molar-refractivity contribution >= 4 is 35.6 Å². The first kappa shape index (κ1) is 20.7. The predicted molar refractivity (Wildman–Crippen MR) is 108 cm³/mol. The van der Waals surface area contributed by atoms with Gasteiger partial charge in [-0.25, -0.2) is 0 Å². The van der Waals surface area contributed by atoms with Crippen LogP contribution in [0.15, 0.2) is 29.3 Å². The van der Waals surface area contributed by atoms with Crippen LogP contribution in [0.4, 0.5) is 5.69 Å². The van der Waals surface area contributed by atoms with E-state index >= 15 is 0 Å². The van der Waals surface area contributed by atoms with Gasteiger partial charge in [-0.05, 0) is 24.3 Å². The van der Waals surface area contributed by atoms with Crippen molar-refractivity contribution in [2.24, 2.45) is 10.9 Å². The highest BCUT2D eigenvalue weighted by Crippen LogP contribution is 2.26. The van der Waals surface area contributed by atoms with Gasteiger partial charge in [-0.1, -0.05) is 38.3 Å². The molecule has 0 aromatic heterocycles. The van der Waals surface area contributed by atoms with Gasteiger partial charge in [-0.3, -0.25) is 15.1 Å². The summed E-state index contributed by atoms with van der Waals surface area (Å²) in [4.78, 5) is 14.7. The number of rotatable bonds is 5. The van der Waals surface area contributed by atoms with Gasteiger partial charge in [0.2, 0.25) is 0 Å². The number of halogens is 1. The Hall–Kier alpha value is -1.38. The summed E-state index contributed by atoms with van der Waals surface area (Å²) in [6.45, 7) is 2.77. The van der Waals surface area contributed by atoms with Gasteiger partial charge < -0.3 is 10.6 Å². The van der Waals surface area contributed by atoms with E-state index in [1.807, 2.05) is 6.07 Å². The van der Waals surface area contributed by atoms with E-state index in [4.69, 9.17) is 0 Å². The summed E-state index contributed by atoms with van der Waals surface area (Å²) < 4.78 is 0. The Kier molecular flexibility index (Phi) is 9.02. The fourth-order valence-corrected chi connectivity index (χ4v) is 3.15. The first-order valence-electron chi connectivity index (χ1n) is 8.33. The van der Waals surface area contributed by atoms with E-state index in [9.17, 15) is 10.1 Å².